The van der Waals surface area contributed by atoms with Crippen LogP contribution in [0.1, 0.15) is 31.9 Å². The van der Waals surface area contributed by atoms with Gasteiger partial charge in [0.05, 0.1) is 5.69 Å². The molecule has 0 spiro atoms. The zero-order chi connectivity index (χ0) is 14.4. The van der Waals surface area contributed by atoms with E-state index in [1.807, 2.05) is 25.1 Å². The smallest absolute Gasteiger partial charge is 0.353 e. The van der Waals surface area contributed by atoms with Crippen molar-refractivity contribution in [2.24, 2.45) is 7.05 Å². The molecule has 19 heavy (non-hydrogen) atoms. The summed E-state index contributed by atoms with van der Waals surface area (Å²) in [7, 11) is 1.52. The minimum atomic E-state index is -0.350. The molecule has 0 saturated carbocycles. The lowest BCUT2D eigenvalue weighted by Gasteiger charge is -2.24. The number of para-hydroxylation sites is 1. The second-order valence-electron chi connectivity index (χ2n) is 5.76. The van der Waals surface area contributed by atoms with E-state index in [1.54, 1.807) is 0 Å². The van der Waals surface area contributed by atoms with Crippen LogP contribution in [-0.4, -0.2) is 19.5 Å². The Balaban J connectivity index is 2.86. The molecular weight excluding hydrogens is 242 g/mol. The molecule has 0 saturated heterocycles. The van der Waals surface area contributed by atoms with Gasteiger partial charge >= 0.3 is 11.7 Å². The lowest BCUT2D eigenvalue weighted by atomic mass is 9.84. The molecule has 5 heteroatoms. The number of aromatic hydroxyl groups is 1. The molecule has 1 aromatic carbocycles. The molecule has 2 rings (SSSR count). The zero-order valence-corrected chi connectivity index (χ0v) is 11.9. The van der Waals surface area contributed by atoms with E-state index in [4.69, 9.17) is 0 Å². The molecule has 0 amide bonds. The van der Waals surface area contributed by atoms with Gasteiger partial charge in [-0.2, -0.15) is 0 Å². The minimum Gasteiger partial charge on any atom is -0.479 e. The SMILES string of the molecule is Cc1cccc(C(C)(C)C)c1-n1c(O)nn(C)c1=O. The Morgan fingerprint density at radius 1 is 1.26 bits per heavy atom. The van der Waals surface area contributed by atoms with Gasteiger partial charge < -0.3 is 5.11 Å². The summed E-state index contributed by atoms with van der Waals surface area (Å²) >= 11 is 0. The minimum absolute atomic E-state index is 0.136. The fourth-order valence-corrected chi connectivity index (χ4v) is 2.21. The van der Waals surface area contributed by atoms with E-state index in [0.29, 0.717) is 5.69 Å². The molecule has 2 aromatic rings. The molecule has 102 valence electrons. The van der Waals surface area contributed by atoms with Gasteiger partial charge in [-0.15, -0.1) is 5.10 Å². The molecule has 0 bridgehead atoms. The van der Waals surface area contributed by atoms with Crippen LogP contribution in [0, 0.1) is 6.92 Å². The largest absolute Gasteiger partial charge is 0.479 e. The van der Waals surface area contributed by atoms with Crippen molar-refractivity contribution in [3.05, 3.63) is 39.8 Å². The van der Waals surface area contributed by atoms with Crippen molar-refractivity contribution in [2.45, 2.75) is 33.1 Å². The van der Waals surface area contributed by atoms with Crippen LogP contribution in [0.4, 0.5) is 0 Å². The number of aryl methyl sites for hydroxylation is 2. The molecule has 1 N–H and O–H groups in total. The van der Waals surface area contributed by atoms with Crippen molar-refractivity contribution in [2.75, 3.05) is 0 Å². The summed E-state index contributed by atoms with van der Waals surface area (Å²) in [4.78, 5) is 12.1. The molecule has 0 aliphatic carbocycles. The maximum Gasteiger partial charge on any atom is 0.353 e. The van der Waals surface area contributed by atoms with E-state index in [9.17, 15) is 9.90 Å². The maximum atomic E-state index is 12.1. The van der Waals surface area contributed by atoms with Crippen LogP contribution >= 0.6 is 0 Å². The second kappa shape index (κ2) is 4.26. The highest BCUT2D eigenvalue weighted by atomic mass is 16.3. The van der Waals surface area contributed by atoms with Crippen LogP contribution in [-0.2, 0) is 12.5 Å². The molecule has 0 atom stereocenters. The lowest BCUT2D eigenvalue weighted by Crippen LogP contribution is -2.25. The van der Waals surface area contributed by atoms with E-state index in [2.05, 4.69) is 25.9 Å². The summed E-state index contributed by atoms with van der Waals surface area (Å²) < 4.78 is 2.39. The Hall–Kier alpha value is -2.04. The average Bonchev–Trinajstić information content (AvgIpc) is 2.52. The predicted molar refractivity (Wildman–Crippen MR) is 73.9 cm³/mol. The van der Waals surface area contributed by atoms with Crippen LogP contribution < -0.4 is 5.69 Å². The number of benzene rings is 1. The predicted octanol–water partition coefficient (Wildman–Crippen LogP) is 1.88. The van der Waals surface area contributed by atoms with E-state index in [1.165, 1.54) is 11.6 Å². The third kappa shape index (κ3) is 2.16. The van der Waals surface area contributed by atoms with Crippen molar-refractivity contribution < 1.29 is 5.11 Å². The monoisotopic (exact) mass is 261 g/mol. The van der Waals surface area contributed by atoms with Gasteiger partial charge in [0.2, 0.25) is 0 Å². The van der Waals surface area contributed by atoms with E-state index >= 15 is 0 Å². The summed E-state index contributed by atoms with van der Waals surface area (Å²) in [5.74, 6) is 0. The number of nitrogens with zero attached hydrogens (tertiary/aromatic N) is 3. The third-order valence-corrected chi connectivity index (χ3v) is 3.18. The summed E-state index contributed by atoms with van der Waals surface area (Å²) in [5, 5.41) is 13.7. The van der Waals surface area contributed by atoms with Gasteiger partial charge in [0.1, 0.15) is 0 Å². The van der Waals surface area contributed by atoms with Crippen LogP contribution in [0.3, 0.4) is 0 Å². The number of hydrogen-bond acceptors (Lipinski definition) is 3. The van der Waals surface area contributed by atoms with Gasteiger partial charge in [0, 0.05) is 7.05 Å². The van der Waals surface area contributed by atoms with Crippen molar-refractivity contribution in [3.8, 4) is 11.7 Å². The first-order valence-corrected chi connectivity index (χ1v) is 6.19. The first kappa shape index (κ1) is 13.4. The van der Waals surface area contributed by atoms with Crippen LogP contribution in [0.2, 0.25) is 0 Å². The highest BCUT2D eigenvalue weighted by Gasteiger charge is 2.23. The first-order chi connectivity index (χ1) is 8.73. The number of hydrogen-bond donors (Lipinski definition) is 1. The molecule has 0 radical (unpaired) electrons. The summed E-state index contributed by atoms with van der Waals surface area (Å²) in [6.45, 7) is 8.14. The molecular formula is C14H19N3O2. The molecule has 1 aromatic heterocycles. The molecule has 0 aliphatic rings. The zero-order valence-electron chi connectivity index (χ0n) is 11.9. The van der Waals surface area contributed by atoms with E-state index in [-0.39, 0.29) is 17.1 Å². The number of aromatic nitrogens is 3. The van der Waals surface area contributed by atoms with Gasteiger partial charge in [-0.1, -0.05) is 39.0 Å². The molecule has 0 unspecified atom stereocenters. The van der Waals surface area contributed by atoms with Crippen molar-refractivity contribution in [1.29, 1.82) is 0 Å². The summed E-state index contributed by atoms with van der Waals surface area (Å²) in [5.41, 5.74) is 2.15. The maximum absolute atomic E-state index is 12.1. The molecule has 0 fully saturated rings. The van der Waals surface area contributed by atoms with Crippen molar-refractivity contribution in [1.82, 2.24) is 14.3 Å². The summed E-state index contributed by atoms with van der Waals surface area (Å²) in [6.07, 6.45) is 0. The Kier molecular flexibility index (Phi) is 3.00. The third-order valence-electron chi connectivity index (χ3n) is 3.18. The van der Waals surface area contributed by atoms with Crippen molar-refractivity contribution >= 4 is 0 Å². The van der Waals surface area contributed by atoms with Gasteiger partial charge in [-0.3, -0.25) is 0 Å². The van der Waals surface area contributed by atoms with Gasteiger partial charge in [0.25, 0.3) is 0 Å². The van der Waals surface area contributed by atoms with Gasteiger partial charge in [-0.05, 0) is 23.5 Å². The fourth-order valence-electron chi connectivity index (χ4n) is 2.21. The van der Waals surface area contributed by atoms with E-state index in [0.717, 1.165) is 15.8 Å². The van der Waals surface area contributed by atoms with Gasteiger partial charge in [0.15, 0.2) is 0 Å². The molecule has 0 aliphatic heterocycles. The lowest BCUT2D eigenvalue weighted by molar-refractivity contribution is 0.414. The Bertz CT molecular complexity index is 675. The van der Waals surface area contributed by atoms with Gasteiger partial charge in [-0.25, -0.2) is 14.0 Å². The number of rotatable bonds is 1. The van der Waals surface area contributed by atoms with Crippen LogP contribution in [0.15, 0.2) is 23.0 Å². The van der Waals surface area contributed by atoms with Crippen molar-refractivity contribution in [3.63, 3.8) is 0 Å². The Morgan fingerprint density at radius 3 is 2.37 bits per heavy atom. The molecule has 5 nitrogen and oxygen atoms in total. The summed E-state index contributed by atoms with van der Waals surface area (Å²) in [6, 6.07) is 5.56. The van der Waals surface area contributed by atoms with Crippen LogP contribution in [0.5, 0.6) is 6.01 Å². The highest BCUT2D eigenvalue weighted by Crippen LogP contribution is 2.31. The molecule has 1 heterocycles. The van der Waals surface area contributed by atoms with E-state index < -0.39 is 0 Å². The average molecular weight is 261 g/mol. The normalized spacial score (nSPS) is 11.8. The fraction of sp³-hybridized carbons (Fsp3) is 0.429. The standard InChI is InChI=1S/C14H19N3O2/c1-9-7-6-8-10(14(2,3)4)11(9)17-12(18)15-16(5)13(17)19/h6-8H,1-5H3,(H,15,18). The highest BCUT2D eigenvalue weighted by molar-refractivity contribution is 5.51. The quantitative estimate of drug-likeness (QED) is 0.852. The first-order valence-electron chi connectivity index (χ1n) is 6.19. The Labute approximate surface area is 112 Å². The van der Waals surface area contributed by atoms with Crippen LogP contribution in [0.25, 0.3) is 5.69 Å². The second-order valence-corrected chi connectivity index (χ2v) is 5.76. The topological polar surface area (TPSA) is 60.0 Å². The Morgan fingerprint density at radius 2 is 1.89 bits per heavy atom.